The summed E-state index contributed by atoms with van der Waals surface area (Å²) >= 11 is 0. The van der Waals surface area contributed by atoms with E-state index in [4.69, 9.17) is 4.74 Å². The molecule has 0 fully saturated rings. The van der Waals surface area contributed by atoms with Crippen LogP contribution in [0.2, 0.25) is 0 Å². The quantitative estimate of drug-likeness (QED) is 0.212. The smallest absolute Gasteiger partial charge is 0.310 e. The number of imidazole rings is 1. The Balaban J connectivity index is 0.00000338. The molecular formula is C18H28IN5O2. The van der Waals surface area contributed by atoms with Gasteiger partial charge in [0.25, 0.3) is 0 Å². The van der Waals surface area contributed by atoms with Gasteiger partial charge in [0.15, 0.2) is 5.96 Å². The first-order chi connectivity index (χ1) is 12.1. The number of para-hydroxylation sites is 2. The standard InChI is InChI=1S/C18H27N5O2.HI/c1-13(17(24)25-4)12-21-18(19-3)20-10-7-11-23-14(2)22-15-8-5-6-9-16(15)23;/h5-6,8-9,13H,7,10-12H2,1-4H3,(H2,19,20,21);1H. The summed E-state index contributed by atoms with van der Waals surface area (Å²) in [5, 5.41) is 6.40. The van der Waals surface area contributed by atoms with E-state index in [0.29, 0.717) is 12.5 Å². The third-order valence-electron chi connectivity index (χ3n) is 4.10. The Hall–Kier alpha value is -1.84. The van der Waals surface area contributed by atoms with Gasteiger partial charge >= 0.3 is 5.97 Å². The average molecular weight is 473 g/mol. The summed E-state index contributed by atoms with van der Waals surface area (Å²) in [5.74, 6) is 1.26. The largest absolute Gasteiger partial charge is 0.469 e. The number of guanidine groups is 1. The van der Waals surface area contributed by atoms with Crippen LogP contribution in [0.4, 0.5) is 0 Å². The second-order valence-corrected chi connectivity index (χ2v) is 5.96. The number of carbonyl (C=O) groups is 1. The maximum atomic E-state index is 11.4. The van der Waals surface area contributed by atoms with Gasteiger partial charge in [0.05, 0.1) is 24.1 Å². The molecular weight excluding hydrogens is 445 g/mol. The summed E-state index contributed by atoms with van der Waals surface area (Å²) < 4.78 is 6.94. The first kappa shape index (κ1) is 22.2. The molecule has 0 amide bonds. The van der Waals surface area contributed by atoms with Crippen molar-refractivity contribution in [2.75, 3.05) is 27.2 Å². The summed E-state index contributed by atoms with van der Waals surface area (Å²) in [7, 11) is 3.11. The zero-order valence-corrected chi connectivity index (χ0v) is 18.1. The number of aryl methyl sites for hydroxylation is 2. The summed E-state index contributed by atoms with van der Waals surface area (Å²) in [6.07, 6.45) is 0.939. The van der Waals surface area contributed by atoms with Gasteiger partial charge in [-0.05, 0) is 25.5 Å². The lowest BCUT2D eigenvalue weighted by molar-refractivity contribution is -0.144. The molecule has 1 heterocycles. The molecule has 0 bridgehead atoms. The second kappa shape index (κ2) is 11.0. The van der Waals surface area contributed by atoms with Crippen LogP contribution in [0.25, 0.3) is 11.0 Å². The van der Waals surface area contributed by atoms with Crippen LogP contribution >= 0.6 is 24.0 Å². The van der Waals surface area contributed by atoms with E-state index in [-0.39, 0.29) is 35.9 Å². The summed E-state index contributed by atoms with van der Waals surface area (Å²) in [5.41, 5.74) is 2.19. The topological polar surface area (TPSA) is 80.5 Å². The molecule has 144 valence electrons. The van der Waals surface area contributed by atoms with Gasteiger partial charge < -0.3 is 19.9 Å². The SMILES string of the molecule is CN=C(NCCCn1c(C)nc2ccccc21)NCC(C)C(=O)OC.I. The summed E-state index contributed by atoms with van der Waals surface area (Å²) in [6, 6.07) is 8.17. The van der Waals surface area contributed by atoms with Gasteiger partial charge in [0.1, 0.15) is 5.82 Å². The molecule has 1 unspecified atom stereocenters. The number of carbonyl (C=O) groups excluding carboxylic acids is 1. The fourth-order valence-electron chi connectivity index (χ4n) is 2.68. The van der Waals surface area contributed by atoms with Crippen molar-refractivity contribution >= 4 is 46.9 Å². The van der Waals surface area contributed by atoms with Crippen molar-refractivity contribution < 1.29 is 9.53 Å². The van der Waals surface area contributed by atoms with Crippen LogP contribution in [0, 0.1) is 12.8 Å². The third-order valence-corrected chi connectivity index (χ3v) is 4.10. The van der Waals surface area contributed by atoms with E-state index in [9.17, 15) is 4.79 Å². The number of nitrogens with zero attached hydrogens (tertiary/aromatic N) is 3. The number of hydrogen-bond acceptors (Lipinski definition) is 4. The van der Waals surface area contributed by atoms with Crippen LogP contribution in [0.3, 0.4) is 0 Å². The number of nitrogens with one attached hydrogen (secondary N) is 2. The van der Waals surface area contributed by atoms with Gasteiger partial charge in [0.2, 0.25) is 0 Å². The van der Waals surface area contributed by atoms with E-state index >= 15 is 0 Å². The van der Waals surface area contributed by atoms with Gasteiger partial charge in [0, 0.05) is 26.7 Å². The lowest BCUT2D eigenvalue weighted by atomic mass is 10.2. The Bertz CT molecular complexity index is 744. The number of aliphatic imine (C=N–C) groups is 1. The van der Waals surface area contributed by atoms with E-state index in [1.54, 1.807) is 7.05 Å². The zero-order chi connectivity index (χ0) is 18.2. The molecule has 7 nitrogen and oxygen atoms in total. The van der Waals surface area contributed by atoms with Crippen molar-refractivity contribution in [3.63, 3.8) is 0 Å². The lowest BCUT2D eigenvalue weighted by Gasteiger charge is -2.15. The van der Waals surface area contributed by atoms with Gasteiger partial charge in [-0.2, -0.15) is 0 Å². The fourth-order valence-corrected chi connectivity index (χ4v) is 2.68. The minimum Gasteiger partial charge on any atom is -0.469 e. The van der Waals surface area contributed by atoms with Crippen molar-refractivity contribution in [3.05, 3.63) is 30.1 Å². The Morgan fingerprint density at radius 2 is 2.08 bits per heavy atom. The highest BCUT2D eigenvalue weighted by atomic mass is 127. The maximum absolute atomic E-state index is 11.4. The monoisotopic (exact) mass is 473 g/mol. The first-order valence-electron chi connectivity index (χ1n) is 8.51. The molecule has 2 N–H and O–H groups in total. The number of hydrogen-bond donors (Lipinski definition) is 2. The molecule has 8 heteroatoms. The number of esters is 1. The Kier molecular flexibility index (Phi) is 9.39. The van der Waals surface area contributed by atoms with E-state index < -0.39 is 0 Å². The minimum atomic E-state index is -0.231. The van der Waals surface area contributed by atoms with E-state index in [0.717, 1.165) is 36.4 Å². The van der Waals surface area contributed by atoms with Crippen molar-refractivity contribution in [3.8, 4) is 0 Å². The molecule has 2 aromatic rings. The Morgan fingerprint density at radius 1 is 1.35 bits per heavy atom. The Morgan fingerprint density at radius 3 is 2.77 bits per heavy atom. The number of benzene rings is 1. The van der Waals surface area contributed by atoms with Gasteiger partial charge in [-0.3, -0.25) is 9.79 Å². The number of fused-ring (bicyclic) bond motifs is 1. The molecule has 2 rings (SSSR count). The van der Waals surface area contributed by atoms with Gasteiger partial charge in [-0.1, -0.05) is 19.1 Å². The molecule has 0 aliphatic heterocycles. The van der Waals surface area contributed by atoms with Crippen LogP contribution in [-0.4, -0.2) is 48.7 Å². The molecule has 0 aliphatic rings. The molecule has 1 atom stereocenters. The molecule has 26 heavy (non-hydrogen) atoms. The van der Waals surface area contributed by atoms with Crippen LogP contribution in [0.15, 0.2) is 29.3 Å². The van der Waals surface area contributed by atoms with Crippen LogP contribution < -0.4 is 10.6 Å². The van der Waals surface area contributed by atoms with E-state index in [2.05, 4.69) is 31.2 Å². The number of rotatable bonds is 7. The highest BCUT2D eigenvalue weighted by molar-refractivity contribution is 14.0. The molecule has 1 aromatic heterocycles. The highest BCUT2D eigenvalue weighted by Gasteiger charge is 2.13. The molecule has 0 aliphatic carbocycles. The average Bonchev–Trinajstić information content (AvgIpc) is 2.95. The summed E-state index contributed by atoms with van der Waals surface area (Å²) in [4.78, 5) is 20.2. The second-order valence-electron chi connectivity index (χ2n) is 5.96. The van der Waals surface area contributed by atoms with Crippen molar-refractivity contribution in [1.29, 1.82) is 0 Å². The van der Waals surface area contributed by atoms with Gasteiger partial charge in [-0.25, -0.2) is 4.98 Å². The third kappa shape index (κ3) is 5.86. The molecule has 0 saturated heterocycles. The molecule has 1 aromatic carbocycles. The number of methoxy groups -OCH3 is 1. The van der Waals surface area contributed by atoms with Crippen LogP contribution in [0.5, 0.6) is 0 Å². The van der Waals surface area contributed by atoms with E-state index in [1.807, 2.05) is 32.0 Å². The lowest BCUT2D eigenvalue weighted by Crippen LogP contribution is -2.41. The highest BCUT2D eigenvalue weighted by Crippen LogP contribution is 2.15. The number of aromatic nitrogens is 2. The minimum absolute atomic E-state index is 0. The van der Waals surface area contributed by atoms with Crippen LogP contribution in [0.1, 0.15) is 19.2 Å². The molecule has 0 spiro atoms. The number of halogens is 1. The van der Waals surface area contributed by atoms with Gasteiger partial charge in [-0.15, -0.1) is 24.0 Å². The maximum Gasteiger partial charge on any atom is 0.310 e. The summed E-state index contributed by atoms with van der Waals surface area (Å²) in [6.45, 7) is 5.99. The zero-order valence-electron chi connectivity index (χ0n) is 15.8. The predicted molar refractivity (Wildman–Crippen MR) is 115 cm³/mol. The van der Waals surface area contributed by atoms with Crippen molar-refractivity contribution in [2.24, 2.45) is 10.9 Å². The Labute approximate surface area is 171 Å². The molecule has 0 radical (unpaired) electrons. The number of ether oxygens (including phenoxy) is 1. The van der Waals surface area contributed by atoms with E-state index in [1.165, 1.54) is 7.11 Å². The van der Waals surface area contributed by atoms with Crippen molar-refractivity contribution in [1.82, 2.24) is 20.2 Å². The fraction of sp³-hybridized carbons (Fsp3) is 0.500. The molecule has 0 saturated carbocycles. The van der Waals surface area contributed by atoms with Crippen molar-refractivity contribution in [2.45, 2.75) is 26.8 Å². The predicted octanol–water partition coefficient (Wildman–Crippen LogP) is 2.33. The first-order valence-corrected chi connectivity index (χ1v) is 8.51. The van der Waals surface area contributed by atoms with Crippen LogP contribution in [-0.2, 0) is 16.1 Å². The normalized spacial score (nSPS) is 12.4.